The highest BCUT2D eigenvalue weighted by atomic mass is 79.9. The highest BCUT2D eigenvalue weighted by molar-refractivity contribution is 9.10. The molecule has 0 aliphatic carbocycles. The summed E-state index contributed by atoms with van der Waals surface area (Å²) in [5.74, 6) is -3.60. The second kappa shape index (κ2) is 7.02. The Balaban J connectivity index is 3.28. The summed E-state index contributed by atoms with van der Waals surface area (Å²) in [7, 11) is 0.627. The lowest BCUT2D eigenvalue weighted by atomic mass is 10.1. The third-order valence-corrected chi connectivity index (χ3v) is 5.14. The number of amides is 1. The molecule has 1 aromatic carbocycles. The molecule has 0 saturated carbocycles. The van der Waals surface area contributed by atoms with Crippen molar-refractivity contribution in [2.45, 2.75) is 25.2 Å². The lowest BCUT2D eigenvalue weighted by Crippen LogP contribution is -2.30. The number of halogens is 4. The lowest BCUT2D eigenvalue weighted by Gasteiger charge is -2.13. The van der Waals surface area contributed by atoms with Gasteiger partial charge >= 0.3 is 0 Å². The van der Waals surface area contributed by atoms with Gasteiger partial charge < -0.3 is 5.32 Å². The van der Waals surface area contributed by atoms with Crippen LogP contribution in [0.5, 0.6) is 0 Å². The summed E-state index contributed by atoms with van der Waals surface area (Å²) < 4.78 is 50.2. The molecular weight excluding hydrogens is 392 g/mol. The van der Waals surface area contributed by atoms with E-state index >= 15 is 0 Å². The third-order valence-electron chi connectivity index (χ3n) is 2.91. The van der Waals surface area contributed by atoms with Crippen LogP contribution in [-0.4, -0.2) is 20.9 Å². The monoisotopic (exact) mass is 403 g/mol. The quantitative estimate of drug-likeness (QED) is 0.765. The topological polar surface area (TPSA) is 63.2 Å². The van der Waals surface area contributed by atoms with Crippen LogP contribution >= 0.6 is 26.6 Å². The number of nitrogens with one attached hydrogen (secondary N) is 1. The van der Waals surface area contributed by atoms with Crippen molar-refractivity contribution in [3.8, 4) is 0 Å². The van der Waals surface area contributed by atoms with Gasteiger partial charge in [0.15, 0.2) is 5.82 Å². The Bertz CT molecular complexity index is 667. The second-order valence-corrected chi connectivity index (χ2v) is 7.88. The summed E-state index contributed by atoms with van der Waals surface area (Å²) in [4.78, 5) is 10.9. The van der Waals surface area contributed by atoms with E-state index in [1.54, 1.807) is 0 Å². The maximum atomic E-state index is 14.2. The van der Waals surface area contributed by atoms with Crippen LogP contribution in [0.2, 0.25) is 0 Å². The first-order valence-corrected chi connectivity index (χ1v) is 9.10. The van der Waals surface area contributed by atoms with Crippen LogP contribution in [0.15, 0.2) is 15.4 Å². The van der Waals surface area contributed by atoms with E-state index in [2.05, 4.69) is 21.2 Å². The molecule has 0 radical (unpaired) electrons. The average molecular weight is 405 g/mol. The minimum Gasteiger partial charge on any atom is -0.352 e. The molecule has 0 heterocycles. The maximum Gasteiger partial charge on any atom is 0.265 e. The Morgan fingerprint density at radius 1 is 1.48 bits per heavy atom. The summed E-state index contributed by atoms with van der Waals surface area (Å²) in [5, 5.41) is 2.36. The highest BCUT2D eigenvalue weighted by Crippen LogP contribution is 2.31. The fourth-order valence-electron chi connectivity index (χ4n) is 1.50. The smallest absolute Gasteiger partial charge is 0.265 e. The molecule has 0 spiro atoms. The Hall–Kier alpha value is -0.730. The first kappa shape index (κ1) is 18.3. The molecule has 118 valence electrons. The summed E-state index contributed by atoms with van der Waals surface area (Å²) in [6.45, 7) is 3.96. The summed E-state index contributed by atoms with van der Waals surface area (Å²) >= 11 is 2.72. The number of rotatable bonds is 5. The van der Waals surface area contributed by atoms with E-state index in [-0.39, 0.29) is 16.9 Å². The lowest BCUT2D eigenvalue weighted by molar-refractivity contribution is 0.0938. The van der Waals surface area contributed by atoms with E-state index in [1.165, 1.54) is 0 Å². The molecule has 0 fully saturated rings. The zero-order valence-corrected chi connectivity index (χ0v) is 14.4. The molecule has 1 rings (SSSR count). The normalized spacial score (nSPS) is 13.0. The SMILES string of the molecule is CCC(C)CNC(=O)c1c(F)cc(Br)c(S(=O)(=O)Cl)c1F. The van der Waals surface area contributed by atoms with Crippen molar-refractivity contribution in [1.29, 1.82) is 0 Å². The molecule has 0 aromatic heterocycles. The van der Waals surface area contributed by atoms with E-state index < -0.39 is 37.1 Å². The second-order valence-electron chi connectivity index (χ2n) is 4.52. The van der Waals surface area contributed by atoms with E-state index in [0.29, 0.717) is 6.07 Å². The van der Waals surface area contributed by atoms with Gasteiger partial charge in [-0.25, -0.2) is 17.2 Å². The number of carbonyl (C=O) groups excluding carboxylic acids is 1. The van der Waals surface area contributed by atoms with E-state index in [0.717, 1.165) is 6.42 Å². The van der Waals surface area contributed by atoms with Crippen molar-refractivity contribution in [3.63, 3.8) is 0 Å². The molecule has 1 aromatic rings. The molecule has 4 nitrogen and oxygen atoms in total. The predicted octanol–water partition coefficient (Wildman–Crippen LogP) is 3.43. The number of hydrogen-bond donors (Lipinski definition) is 1. The largest absolute Gasteiger partial charge is 0.352 e. The predicted molar refractivity (Wildman–Crippen MR) is 78.9 cm³/mol. The van der Waals surface area contributed by atoms with Crippen molar-refractivity contribution in [3.05, 3.63) is 27.7 Å². The van der Waals surface area contributed by atoms with E-state index in [1.807, 2.05) is 13.8 Å². The molecule has 9 heteroatoms. The van der Waals surface area contributed by atoms with Crippen LogP contribution in [0.1, 0.15) is 30.6 Å². The van der Waals surface area contributed by atoms with Gasteiger partial charge in [0.25, 0.3) is 15.0 Å². The molecule has 0 aliphatic rings. The molecule has 0 bridgehead atoms. The fourth-order valence-corrected chi connectivity index (χ4v) is 3.86. The molecular formula is C12H13BrClF2NO3S. The Labute approximate surface area is 134 Å². The van der Waals surface area contributed by atoms with Crippen LogP contribution < -0.4 is 5.32 Å². The van der Waals surface area contributed by atoms with Gasteiger partial charge in [-0.2, -0.15) is 0 Å². The van der Waals surface area contributed by atoms with Gasteiger partial charge in [0.05, 0.1) is 0 Å². The first-order valence-electron chi connectivity index (χ1n) is 5.99. The van der Waals surface area contributed by atoms with Crippen LogP contribution in [0.25, 0.3) is 0 Å². The van der Waals surface area contributed by atoms with Crippen LogP contribution in [0.4, 0.5) is 8.78 Å². The van der Waals surface area contributed by atoms with E-state index in [4.69, 9.17) is 10.7 Å². The Morgan fingerprint density at radius 2 is 2.05 bits per heavy atom. The average Bonchev–Trinajstić information content (AvgIpc) is 2.33. The van der Waals surface area contributed by atoms with Crippen molar-refractivity contribution >= 4 is 41.6 Å². The minimum atomic E-state index is -4.47. The van der Waals surface area contributed by atoms with Crippen LogP contribution in [0, 0.1) is 17.6 Å². The van der Waals surface area contributed by atoms with Gasteiger partial charge in [0.2, 0.25) is 0 Å². The summed E-state index contributed by atoms with van der Waals surface area (Å²) in [6, 6.07) is 0.691. The maximum absolute atomic E-state index is 14.2. The molecule has 0 aliphatic heterocycles. The molecule has 1 amide bonds. The summed E-state index contributed by atoms with van der Waals surface area (Å²) in [5.41, 5.74) is -0.972. The van der Waals surface area contributed by atoms with Crippen LogP contribution in [-0.2, 0) is 9.05 Å². The molecule has 1 unspecified atom stereocenters. The van der Waals surface area contributed by atoms with Crippen molar-refractivity contribution in [2.24, 2.45) is 5.92 Å². The van der Waals surface area contributed by atoms with Gasteiger partial charge in [0.1, 0.15) is 16.3 Å². The van der Waals surface area contributed by atoms with Crippen molar-refractivity contribution in [1.82, 2.24) is 5.32 Å². The number of benzene rings is 1. The third kappa shape index (κ3) is 4.37. The Kier molecular flexibility index (Phi) is 6.12. The van der Waals surface area contributed by atoms with Gasteiger partial charge in [-0.15, -0.1) is 0 Å². The van der Waals surface area contributed by atoms with E-state index in [9.17, 15) is 22.0 Å². The standard InChI is InChI=1S/C12H13BrClF2NO3S/c1-3-6(2)5-17-12(18)9-8(15)4-7(13)11(10(9)16)21(14,19)20/h4,6H,3,5H2,1-2H3,(H,17,18). The van der Waals surface area contributed by atoms with Gasteiger partial charge in [0, 0.05) is 21.7 Å². The van der Waals surface area contributed by atoms with Crippen molar-refractivity contribution in [2.75, 3.05) is 6.54 Å². The zero-order chi connectivity index (χ0) is 16.4. The first-order chi connectivity index (χ1) is 9.59. The fraction of sp³-hybridized carbons (Fsp3) is 0.417. The van der Waals surface area contributed by atoms with Gasteiger partial charge in [-0.3, -0.25) is 4.79 Å². The van der Waals surface area contributed by atoms with Crippen LogP contribution in [0.3, 0.4) is 0 Å². The minimum absolute atomic E-state index is 0.117. The van der Waals surface area contributed by atoms with Gasteiger partial charge in [-0.05, 0) is 27.9 Å². The Morgan fingerprint density at radius 3 is 2.52 bits per heavy atom. The molecule has 1 atom stereocenters. The number of hydrogen-bond acceptors (Lipinski definition) is 3. The molecule has 21 heavy (non-hydrogen) atoms. The zero-order valence-electron chi connectivity index (χ0n) is 11.2. The van der Waals surface area contributed by atoms with Gasteiger partial charge in [-0.1, -0.05) is 20.3 Å². The highest BCUT2D eigenvalue weighted by Gasteiger charge is 2.29. The number of carbonyl (C=O) groups is 1. The molecule has 1 N–H and O–H groups in total. The van der Waals surface area contributed by atoms with Crippen molar-refractivity contribution < 1.29 is 22.0 Å². The molecule has 0 saturated heterocycles. The summed E-state index contributed by atoms with van der Waals surface area (Å²) in [6.07, 6.45) is 0.771.